The average molecular weight is 253 g/mol. The van der Waals surface area contributed by atoms with Gasteiger partial charge in [0.25, 0.3) is 0 Å². The molecule has 0 aromatic heterocycles. The molecule has 1 aliphatic rings. The summed E-state index contributed by atoms with van der Waals surface area (Å²) in [5.41, 5.74) is 0. The van der Waals surface area contributed by atoms with Crippen molar-refractivity contribution in [3.05, 3.63) is 0 Å². The van der Waals surface area contributed by atoms with Crippen LogP contribution >= 0.6 is 0 Å². The van der Waals surface area contributed by atoms with Crippen molar-refractivity contribution in [3.8, 4) is 0 Å². The van der Waals surface area contributed by atoms with Gasteiger partial charge in [0.2, 0.25) is 0 Å². The summed E-state index contributed by atoms with van der Waals surface area (Å²) in [6.07, 6.45) is 1.36. The van der Waals surface area contributed by atoms with Gasteiger partial charge in [-0.1, -0.05) is 19.8 Å². The number of hydrogen-bond acceptors (Lipinski definition) is 2. The highest BCUT2D eigenvalue weighted by molar-refractivity contribution is 4.80. The Morgan fingerprint density at radius 1 is 1.29 bits per heavy atom. The zero-order chi connectivity index (χ0) is 12.7. The van der Waals surface area contributed by atoms with E-state index in [2.05, 4.69) is 12.2 Å². The van der Waals surface area contributed by atoms with Crippen molar-refractivity contribution in [2.24, 2.45) is 5.92 Å². The molecule has 5 heteroatoms. The summed E-state index contributed by atoms with van der Waals surface area (Å²) in [4.78, 5) is 0. The Bertz CT molecular complexity index is 202. The summed E-state index contributed by atoms with van der Waals surface area (Å²) in [6, 6.07) is 0.0831. The van der Waals surface area contributed by atoms with Crippen LogP contribution in [0.25, 0.3) is 0 Å². The summed E-state index contributed by atoms with van der Waals surface area (Å²) < 4.78 is 40.8. The molecule has 1 saturated carbocycles. The van der Waals surface area contributed by atoms with E-state index in [1.54, 1.807) is 0 Å². The Kier molecular flexibility index (Phi) is 6.27. The number of hydrogen-bond donors (Lipinski definition) is 1. The molecule has 0 aliphatic heterocycles. The van der Waals surface area contributed by atoms with Crippen molar-refractivity contribution in [1.29, 1.82) is 0 Å². The fourth-order valence-electron chi connectivity index (χ4n) is 2.35. The van der Waals surface area contributed by atoms with Gasteiger partial charge < -0.3 is 10.1 Å². The Hall–Kier alpha value is -0.290. The lowest BCUT2D eigenvalue weighted by molar-refractivity contribution is -0.176. The first-order valence-electron chi connectivity index (χ1n) is 6.41. The van der Waals surface area contributed by atoms with Crippen LogP contribution in [0.3, 0.4) is 0 Å². The first kappa shape index (κ1) is 14.8. The topological polar surface area (TPSA) is 21.3 Å². The van der Waals surface area contributed by atoms with Crippen LogP contribution in [0.2, 0.25) is 0 Å². The maximum absolute atomic E-state index is 12.0. The van der Waals surface area contributed by atoms with E-state index in [9.17, 15) is 13.2 Å². The summed E-state index contributed by atoms with van der Waals surface area (Å²) in [7, 11) is 0. The Balaban J connectivity index is 2.29. The van der Waals surface area contributed by atoms with Crippen LogP contribution in [0.15, 0.2) is 0 Å². The summed E-state index contributed by atoms with van der Waals surface area (Å²) >= 11 is 0. The van der Waals surface area contributed by atoms with Crippen molar-refractivity contribution >= 4 is 0 Å². The quantitative estimate of drug-likeness (QED) is 0.752. The fourth-order valence-corrected chi connectivity index (χ4v) is 2.35. The van der Waals surface area contributed by atoms with E-state index < -0.39 is 12.8 Å². The van der Waals surface area contributed by atoms with Crippen LogP contribution in [-0.2, 0) is 4.74 Å². The molecular formula is C12H22F3NO. The zero-order valence-electron chi connectivity index (χ0n) is 10.4. The molecule has 0 saturated heterocycles. The van der Waals surface area contributed by atoms with Crippen molar-refractivity contribution < 1.29 is 17.9 Å². The third-order valence-corrected chi connectivity index (χ3v) is 3.19. The van der Waals surface area contributed by atoms with E-state index in [0.717, 1.165) is 25.8 Å². The zero-order valence-corrected chi connectivity index (χ0v) is 10.4. The minimum atomic E-state index is -4.22. The van der Waals surface area contributed by atoms with Crippen molar-refractivity contribution in [3.63, 3.8) is 0 Å². The van der Waals surface area contributed by atoms with Crippen LogP contribution in [0.5, 0.6) is 0 Å². The molecule has 1 unspecified atom stereocenters. The summed E-state index contributed by atoms with van der Waals surface area (Å²) in [5, 5.41) is 3.31. The van der Waals surface area contributed by atoms with Gasteiger partial charge in [-0.05, 0) is 31.7 Å². The van der Waals surface area contributed by atoms with Crippen LogP contribution in [0.1, 0.15) is 39.0 Å². The number of ether oxygens (including phenoxy) is 1. The largest absolute Gasteiger partial charge is 0.411 e. The van der Waals surface area contributed by atoms with Gasteiger partial charge in [0.1, 0.15) is 6.61 Å². The van der Waals surface area contributed by atoms with Crippen LogP contribution in [0, 0.1) is 5.92 Å². The highest BCUT2D eigenvalue weighted by atomic mass is 19.4. The molecule has 0 aromatic rings. The molecule has 17 heavy (non-hydrogen) atoms. The van der Waals surface area contributed by atoms with Gasteiger partial charge >= 0.3 is 6.18 Å². The number of rotatable bonds is 7. The van der Waals surface area contributed by atoms with E-state index in [-0.39, 0.29) is 12.6 Å². The predicted molar refractivity (Wildman–Crippen MR) is 60.9 cm³/mol. The molecule has 102 valence electrons. The van der Waals surface area contributed by atoms with Crippen molar-refractivity contribution in [1.82, 2.24) is 5.32 Å². The van der Waals surface area contributed by atoms with Gasteiger partial charge in [-0.15, -0.1) is 0 Å². The third-order valence-electron chi connectivity index (χ3n) is 3.19. The molecule has 2 nitrogen and oxygen atoms in total. The molecule has 0 aromatic carbocycles. The SMILES string of the molecule is CCCNC(COCC(F)(F)F)C1CCCC1. The van der Waals surface area contributed by atoms with Crippen LogP contribution in [-0.4, -0.2) is 32.0 Å². The van der Waals surface area contributed by atoms with E-state index >= 15 is 0 Å². The second-order valence-electron chi connectivity index (χ2n) is 4.74. The minimum Gasteiger partial charge on any atom is -0.370 e. The third kappa shape index (κ3) is 6.27. The molecular weight excluding hydrogens is 231 g/mol. The fraction of sp³-hybridized carbons (Fsp3) is 1.00. The first-order valence-corrected chi connectivity index (χ1v) is 6.41. The highest BCUT2D eigenvalue weighted by Gasteiger charge is 2.30. The van der Waals surface area contributed by atoms with Gasteiger partial charge in [-0.3, -0.25) is 0 Å². The predicted octanol–water partition coefficient (Wildman–Crippen LogP) is 3.12. The Morgan fingerprint density at radius 2 is 1.94 bits per heavy atom. The molecule has 0 spiro atoms. The van der Waals surface area contributed by atoms with Gasteiger partial charge in [0.05, 0.1) is 6.61 Å². The number of halogens is 3. The number of nitrogens with one attached hydrogen (secondary N) is 1. The van der Waals surface area contributed by atoms with Gasteiger partial charge in [0.15, 0.2) is 0 Å². The Morgan fingerprint density at radius 3 is 2.47 bits per heavy atom. The first-order chi connectivity index (χ1) is 8.03. The van der Waals surface area contributed by atoms with E-state index in [0.29, 0.717) is 5.92 Å². The molecule has 1 rings (SSSR count). The second-order valence-corrected chi connectivity index (χ2v) is 4.74. The molecule has 0 bridgehead atoms. The maximum Gasteiger partial charge on any atom is 0.411 e. The van der Waals surface area contributed by atoms with Gasteiger partial charge in [-0.25, -0.2) is 0 Å². The summed E-state index contributed by atoms with van der Waals surface area (Å²) in [6.45, 7) is 1.93. The smallest absolute Gasteiger partial charge is 0.370 e. The molecule has 0 heterocycles. The van der Waals surface area contributed by atoms with E-state index in [1.807, 2.05) is 0 Å². The molecule has 0 radical (unpaired) electrons. The van der Waals surface area contributed by atoms with E-state index in [1.165, 1.54) is 12.8 Å². The normalized spacial score (nSPS) is 19.8. The number of alkyl halides is 3. The van der Waals surface area contributed by atoms with Crippen LogP contribution < -0.4 is 5.32 Å². The maximum atomic E-state index is 12.0. The highest BCUT2D eigenvalue weighted by Crippen LogP contribution is 2.28. The second kappa shape index (κ2) is 7.21. The van der Waals surface area contributed by atoms with Gasteiger partial charge in [-0.2, -0.15) is 13.2 Å². The lowest BCUT2D eigenvalue weighted by atomic mass is 9.99. The average Bonchev–Trinajstić information content (AvgIpc) is 2.74. The molecule has 0 amide bonds. The monoisotopic (exact) mass is 253 g/mol. The van der Waals surface area contributed by atoms with Crippen molar-refractivity contribution in [2.75, 3.05) is 19.8 Å². The van der Waals surface area contributed by atoms with E-state index in [4.69, 9.17) is 4.74 Å². The van der Waals surface area contributed by atoms with Crippen molar-refractivity contribution in [2.45, 2.75) is 51.2 Å². The lowest BCUT2D eigenvalue weighted by Crippen LogP contribution is -2.40. The van der Waals surface area contributed by atoms with Crippen LogP contribution in [0.4, 0.5) is 13.2 Å². The minimum absolute atomic E-state index is 0.0831. The standard InChI is InChI=1S/C12H22F3NO/c1-2-7-16-11(10-5-3-4-6-10)8-17-9-12(13,14)15/h10-11,16H,2-9H2,1H3. The molecule has 1 fully saturated rings. The Labute approximate surface area is 101 Å². The van der Waals surface area contributed by atoms with Gasteiger partial charge in [0, 0.05) is 6.04 Å². The molecule has 1 N–H and O–H groups in total. The molecule has 1 atom stereocenters. The molecule has 1 aliphatic carbocycles. The summed E-state index contributed by atoms with van der Waals surface area (Å²) in [5.74, 6) is 0.481. The lowest BCUT2D eigenvalue weighted by Gasteiger charge is -2.24.